The maximum absolute atomic E-state index is 14.5. The lowest BCUT2D eigenvalue weighted by Gasteiger charge is -2.34. The molecule has 242 valence electrons. The van der Waals surface area contributed by atoms with Crippen molar-refractivity contribution in [3.63, 3.8) is 0 Å². The summed E-state index contributed by atoms with van der Waals surface area (Å²) in [4.78, 5) is 29.4. The number of anilines is 1. The minimum absolute atomic E-state index is 0.0525. The van der Waals surface area contributed by atoms with Crippen LogP contribution in [0.2, 0.25) is 0 Å². The largest absolute Gasteiger partial charge is 0.494 e. The molecule has 0 fully saturated rings. The van der Waals surface area contributed by atoms with Crippen molar-refractivity contribution < 1.29 is 27.1 Å². The zero-order valence-electron chi connectivity index (χ0n) is 25.7. The van der Waals surface area contributed by atoms with E-state index in [1.54, 1.807) is 24.3 Å². The van der Waals surface area contributed by atoms with Crippen LogP contribution < -0.4 is 14.4 Å². The Morgan fingerprint density at radius 1 is 0.870 bits per heavy atom. The highest BCUT2D eigenvalue weighted by molar-refractivity contribution is 9.10. The van der Waals surface area contributed by atoms with E-state index in [2.05, 4.69) is 21.2 Å². The number of carbonyl (C=O) groups is 2. The number of hydrogen-bond acceptors (Lipinski definition) is 5. The Kier molecular flexibility index (Phi) is 12.3. The van der Waals surface area contributed by atoms with Crippen molar-refractivity contribution in [2.24, 2.45) is 0 Å². The van der Waals surface area contributed by atoms with E-state index in [1.807, 2.05) is 68.4 Å². The van der Waals surface area contributed by atoms with Crippen LogP contribution in [0.1, 0.15) is 31.4 Å². The summed E-state index contributed by atoms with van der Waals surface area (Å²) < 4.78 is 49.3. The fraction of sp³-hybridized carbons (Fsp3) is 0.257. The van der Waals surface area contributed by atoms with Crippen LogP contribution in [0, 0.1) is 5.82 Å². The molecule has 8 nitrogen and oxygen atoms in total. The highest BCUT2D eigenvalue weighted by Gasteiger charge is 2.34. The molecule has 4 aromatic rings. The lowest BCUT2D eigenvalue weighted by Crippen LogP contribution is -2.53. The number of halogens is 2. The number of carbonyl (C=O) groups excluding carboxylic acids is 2. The molecule has 0 saturated carbocycles. The van der Waals surface area contributed by atoms with Gasteiger partial charge in [-0.05, 0) is 85.1 Å². The fourth-order valence-electron chi connectivity index (χ4n) is 4.84. The average Bonchev–Trinajstić information content (AvgIpc) is 3.06. The molecule has 0 saturated heterocycles. The van der Waals surface area contributed by atoms with Crippen LogP contribution in [0.15, 0.2) is 112 Å². The maximum atomic E-state index is 14.5. The first kappa shape index (κ1) is 34.6. The zero-order chi connectivity index (χ0) is 33.1. The first-order valence-corrected chi connectivity index (χ1v) is 17.2. The number of ether oxygens (including phenoxy) is 1. The normalized spacial score (nSPS) is 11.8. The SMILES string of the molecule is CCCNC(=O)[C@@H](Cc1ccccc1)N(Cc1ccc(Br)cc1)C(=O)CN(c1ccc(OCC)cc1)S(=O)(=O)c1ccc(F)cc1. The first-order valence-electron chi connectivity index (χ1n) is 15.0. The summed E-state index contributed by atoms with van der Waals surface area (Å²) in [5.74, 6) is -0.991. The number of hydrogen-bond donors (Lipinski definition) is 1. The lowest BCUT2D eigenvalue weighted by molar-refractivity contribution is -0.140. The van der Waals surface area contributed by atoms with Gasteiger partial charge in [-0.3, -0.25) is 13.9 Å². The Balaban J connectivity index is 1.79. The third-order valence-corrected chi connectivity index (χ3v) is 9.52. The van der Waals surface area contributed by atoms with Crippen molar-refractivity contribution >= 4 is 43.5 Å². The molecule has 2 amide bonds. The Morgan fingerprint density at radius 3 is 2.13 bits per heavy atom. The van der Waals surface area contributed by atoms with Crippen LogP contribution in [0.3, 0.4) is 0 Å². The molecule has 4 rings (SSSR count). The maximum Gasteiger partial charge on any atom is 0.264 e. The van der Waals surface area contributed by atoms with Gasteiger partial charge in [0.25, 0.3) is 10.0 Å². The molecule has 0 aliphatic heterocycles. The van der Waals surface area contributed by atoms with Crippen LogP contribution in [0.25, 0.3) is 0 Å². The molecule has 0 aliphatic carbocycles. The topological polar surface area (TPSA) is 96.0 Å². The Hall–Kier alpha value is -4.22. The molecule has 0 heterocycles. The minimum Gasteiger partial charge on any atom is -0.494 e. The van der Waals surface area contributed by atoms with Gasteiger partial charge in [-0.2, -0.15) is 0 Å². The van der Waals surface area contributed by atoms with E-state index in [1.165, 1.54) is 4.90 Å². The summed E-state index contributed by atoms with van der Waals surface area (Å²) in [5, 5.41) is 2.93. The van der Waals surface area contributed by atoms with Gasteiger partial charge in [0.1, 0.15) is 24.2 Å². The van der Waals surface area contributed by atoms with Gasteiger partial charge in [-0.15, -0.1) is 0 Å². The third kappa shape index (κ3) is 9.17. The van der Waals surface area contributed by atoms with Crippen LogP contribution in [0.4, 0.5) is 10.1 Å². The molecule has 0 aliphatic rings. The van der Waals surface area contributed by atoms with Gasteiger partial charge in [0, 0.05) is 24.0 Å². The molecular weight excluding hydrogens is 673 g/mol. The summed E-state index contributed by atoms with van der Waals surface area (Å²) >= 11 is 3.44. The van der Waals surface area contributed by atoms with Gasteiger partial charge in [0.05, 0.1) is 17.2 Å². The monoisotopic (exact) mass is 709 g/mol. The zero-order valence-corrected chi connectivity index (χ0v) is 28.1. The van der Waals surface area contributed by atoms with Crippen molar-refractivity contribution in [1.29, 1.82) is 0 Å². The van der Waals surface area contributed by atoms with Gasteiger partial charge in [-0.25, -0.2) is 12.8 Å². The van der Waals surface area contributed by atoms with E-state index in [0.717, 1.165) is 44.2 Å². The van der Waals surface area contributed by atoms with E-state index in [-0.39, 0.29) is 29.5 Å². The number of amides is 2. The molecule has 0 radical (unpaired) electrons. The van der Waals surface area contributed by atoms with Gasteiger partial charge < -0.3 is 15.0 Å². The summed E-state index contributed by atoms with van der Waals surface area (Å²) in [6.45, 7) is 4.05. The van der Waals surface area contributed by atoms with Gasteiger partial charge in [-0.1, -0.05) is 65.3 Å². The van der Waals surface area contributed by atoms with Crippen molar-refractivity contribution in [1.82, 2.24) is 10.2 Å². The smallest absolute Gasteiger partial charge is 0.264 e. The predicted octanol–water partition coefficient (Wildman–Crippen LogP) is 6.35. The lowest BCUT2D eigenvalue weighted by atomic mass is 10.0. The van der Waals surface area contributed by atoms with E-state index in [9.17, 15) is 22.4 Å². The second-order valence-electron chi connectivity index (χ2n) is 10.5. The number of nitrogens with one attached hydrogen (secondary N) is 1. The first-order chi connectivity index (χ1) is 22.1. The van der Waals surface area contributed by atoms with Gasteiger partial charge >= 0.3 is 0 Å². The molecule has 1 N–H and O–H groups in total. The number of sulfonamides is 1. The molecule has 4 aromatic carbocycles. The molecule has 0 unspecified atom stereocenters. The van der Waals surface area contributed by atoms with Crippen LogP contribution in [0.5, 0.6) is 5.75 Å². The summed E-state index contributed by atoms with van der Waals surface area (Å²) in [6, 6.07) is 26.5. The van der Waals surface area contributed by atoms with E-state index in [0.29, 0.717) is 25.3 Å². The van der Waals surface area contributed by atoms with Gasteiger partial charge in [0.2, 0.25) is 11.8 Å². The summed E-state index contributed by atoms with van der Waals surface area (Å²) in [7, 11) is -4.35. The predicted molar refractivity (Wildman–Crippen MR) is 180 cm³/mol. The summed E-state index contributed by atoms with van der Waals surface area (Å²) in [5.41, 5.74) is 1.81. The molecular formula is C35H37BrFN3O5S. The van der Waals surface area contributed by atoms with Gasteiger partial charge in [0.15, 0.2) is 0 Å². The number of nitrogens with zero attached hydrogens (tertiary/aromatic N) is 2. The van der Waals surface area contributed by atoms with Crippen molar-refractivity contribution in [3.8, 4) is 5.75 Å². The second-order valence-corrected chi connectivity index (χ2v) is 13.3. The quantitative estimate of drug-likeness (QED) is 0.155. The highest BCUT2D eigenvalue weighted by atomic mass is 79.9. The molecule has 0 spiro atoms. The van der Waals surface area contributed by atoms with Crippen molar-refractivity contribution in [2.75, 3.05) is 24.0 Å². The van der Waals surface area contributed by atoms with E-state index >= 15 is 0 Å². The van der Waals surface area contributed by atoms with E-state index in [4.69, 9.17) is 4.74 Å². The Bertz CT molecular complexity index is 1690. The second kappa shape index (κ2) is 16.4. The highest BCUT2D eigenvalue weighted by Crippen LogP contribution is 2.27. The van der Waals surface area contributed by atoms with E-state index < -0.39 is 34.3 Å². The third-order valence-electron chi connectivity index (χ3n) is 7.20. The molecule has 1 atom stereocenters. The minimum atomic E-state index is -4.35. The fourth-order valence-corrected chi connectivity index (χ4v) is 6.52. The Labute approximate surface area is 278 Å². The average molecular weight is 711 g/mol. The number of benzene rings is 4. The van der Waals surface area contributed by atoms with Crippen LogP contribution >= 0.6 is 15.9 Å². The van der Waals surface area contributed by atoms with Crippen LogP contribution in [-0.4, -0.2) is 50.9 Å². The number of rotatable bonds is 15. The molecule has 46 heavy (non-hydrogen) atoms. The standard InChI is InChI=1S/C35H37BrFN3O5S/c1-3-22-38-35(42)33(23-26-8-6-5-7-9-26)39(24-27-10-12-28(36)13-11-27)34(41)25-40(30-16-18-31(19-17-30)45-4-2)46(43,44)32-20-14-29(37)15-21-32/h5-21,33H,3-4,22-25H2,1-2H3,(H,38,42)/t33-/m1/s1. The molecule has 0 aromatic heterocycles. The Morgan fingerprint density at radius 2 is 1.52 bits per heavy atom. The van der Waals surface area contributed by atoms with Crippen LogP contribution in [-0.2, 0) is 32.6 Å². The van der Waals surface area contributed by atoms with Crippen molar-refractivity contribution in [2.45, 2.75) is 44.2 Å². The molecule has 11 heteroatoms. The molecule has 0 bridgehead atoms. The summed E-state index contributed by atoms with van der Waals surface area (Å²) in [6.07, 6.45) is 0.915. The van der Waals surface area contributed by atoms with Crippen molar-refractivity contribution in [3.05, 3.63) is 125 Å².